The van der Waals surface area contributed by atoms with Gasteiger partial charge in [0.15, 0.2) is 0 Å². The normalized spacial score (nSPS) is 15.7. The van der Waals surface area contributed by atoms with Gasteiger partial charge in [-0.15, -0.1) is 0 Å². The summed E-state index contributed by atoms with van der Waals surface area (Å²) in [4.78, 5) is 30.0. The SMILES string of the molecule is CC(C)(C)Cc1nc(-c2cccc(C(=O)N3CCC(C(=O)O)CC3)c2)no1. The van der Waals surface area contributed by atoms with E-state index in [1.54, 1.807) is 23.1 Å². The van der Waals surface area contributed by atoms with Gasteiger partial charge in [-0.05, 0) is 30.4 Å². The van der Waals surface area contributed by atoms with E-state index in [0.717, 1.165) is 5.56 Å². The molecule has 0 saturated carbocycles. The van der Waals surface area contributed by atoms with Gasteiger partial charge in [0.25, 0.3) is 5.91 Å². The molecule has 27 heavy (non-hydrogen) atoms. The Hall–Kier alpha value is -2.70. The second-order valence-electron chi connectivity index (χ2n) is 8.23. The Labute approximate surface area is 158 Å². The van der Waals surface area contributed by atoms with Crippen LogP contribution in [0.15, 0.2) is 28.8 Å². The third-order valence-corrected chi connectivity index (χ3v) is 4.65. The summed E-state index contributed by atoms with van der Waals surface area (Å²) >= 11 is 0. The van der Waals surface area contributed by atoms with Gasteiger partial charge in [-0.3, -0.25) is 9.59 Å². The molecule has 0 atom stereocenters. The van der Waals surface area contributed by atoms with Crippen molar-refractivity contribution in [1.29, 1.82) is 0 Å². The summed E-state index contributed by atoms with van der Waals surface area (Å²) in [7, 11) is 0. The summed E-state index contributed by atoms with van der Waals surface area (Å²) in [6, 6.07) is 7.16. The molecule has 2 heterocycles. The standard InChI is InChI=1S/C20H25N3O4/c1-20(2,3)12-16-21-17(22-27-16)14-5-4-6-15(11-14)18(24)23-9-7-13(8-10-23)19(25)26/h4-6,11,13H,7-10,12H2,1-3H3,(H,25,26). The Bertz CT molecular complexity index is 830. The van der Waals surface area contributed by atoms with Crippen LogP contribution in [0.5, 0.6) is 0 Å². The molecule has 0 aliphatic carbocycles. The van der Waals surface area contributed by atoms with Crippen molar-refractivity contribution in [2.45, 2.75) is 40.0 Å². The number of piperidine rings is 1. The summed E-state index contributed by atoms with van der Waals surface area (Å²) in [5, 5.41) is 13.1. The van der Waals surface area contributed by atoms with Crippen LogP contribution in [0.1, 0.15) is 49.9 Å². The van der Waals surface area contributed by atoms with E-state index in [-0.39, 0.29) is 17.2 Å². The molecule has 7 heteroatoms. The van der Waals surface area contributed by atoms with E-state index >= 15 is 0 Å². The van der Waals surface area contributed by atoms with Crippen molar-refractivity contribution < 1.29 is 19.2 Å². The molecule has 7 nitrogen and oxygen atoms in total. The first-order valence-corrected chi connectivity index (χ1v) is 9.18. The number of carbonyl (C=O) groups is 2. The Morgan fingerprint density at radius 2 is 1.96 bits per heavy atom. The van der Waals surface area contributed by atoms with Crippen molar-refractivity contribution in [2.75, 3.05) is 13.1 Å². The first kappa shape index (κ1) is 19.1. The zero-order valence-corrected chi connectivity index (χ0v) is 15.9. The summed E-state index contributed by atoms with van der Waals surface area (Å²) in [6.07, 6.45) is 1.65. The molecule has 3 rings (SSSR count). The number of rotatable bonds is 4. The van der Waals surface area contributed by atoms with E-state index in [1.807, 2.05) is 6.07 Å². The maximum atomic E-state index is 12.8. The molecular weight excluding hydrogens is 346 g/mol. The van der Waals surface area contributed by atoms with Gasteiger partial charge < -0.3 is 14.5 Å². The van der Waals surface area contributed by atoms with Gasteiger partial charge in [-0.1, -0.05) is 38.1 Å². The van der Waals surface area contributed by atoms with Crippen LogP contribution in [-0.4, -0.2) is 45.1 Å². The summed E-state index contributed by atoms with van der Waals surface area (Å²) in [5.41, 5.74) is 1.32. The van der Waals surface area contributed by atoms with Gasteiger partial charge >= 0.3 is 5.97 Å². The van der Waals surface area contributed by atoms with Gasteiger partial charge in [0.2, 0.25) is 11.7 Å². The average Bonchev–Trinajstić information content (AvgIpc) is 3.08. The second-order valence-corrected chi connectivity index (χ2v) is 8.23. The molecular formula is C20H25N3O4. The summed E-state index contributed by atoms with van der Waals surface area (Å²) in [6.45, 7) is 7.22. The quantitative estimate of drug-likeness (QED) is 0.886. The van der Waals surface area contributed by atoms with Crippen molar-refractivity contribution in [3.63, 3.8) is 0 Å². The lowest BCUT2D eigenvalue weighted by molar-refractivity contribution is -0.143. The third-order valence-electron chi connectivity index (χ3n) is 4.65. The minimum atomic E-state index is -0.785. The smallest absolute Gasteiger partial charge is 0.306 e. The lowest BCUT2D eigenvalue weighted by atomic mass is 9.92. The number of carbonyl (C=O) groups excluding carboxylic acids is 1. The largest absolute Gasteiger partial charge is 0.481 e. The van der Waals surface area contributed by atoms with Crippen molar-refractivity contribution in [3.8, 4) is 11.4 Å². The minimum absolute atomic E-state index is 0.0453. The first-order chi connectivity index (χ1) is 12.7. The number of likely N-dealkylation sites (tertiary alicyclic amines) is 1. The number of aromatic nitrogens is 2. The molecule has 1 fully saturated rings. The van der Waals surface area contributed by atoms with E-state index in [0.29, 0.717) is 49.6 Å². The highest BCUT2D eigenvalue weighted by Gasteiger charge is 2.27. The number of carboxylic acids is 1. The Morgan fingerprint density at radius 3 is 2.59 bits per heavy atom. The Balaban J connectivity index is 1.72. The predicted molar refractivity (Wildman–Crippen MR) is 99.2 cm³/mol. The van der Waals surface area contributed by atoms with Crippen molar-refractivity contribution in [1.82, 2.24) is 15.0 Å². The van der Waals surface area contributed by atoms with Crippen molar-refractivity contribution in [3.05, 3.63) is 35.7 Å². The molecule has 0 radical (unpaired) electrons. The van der Waals surface area contributed by atoms with E-state index in [4.69, 9.17) is 9.63 Å². The fraction of sp³-hybridized carbons (Fsp3) is 0.500. The fourth-order valence-corrected chi connectivity index (χ4v) is 3.20. The minimum Gasteiger partial charge on any atom is -0.481 e. The van der Waals surface area contributed by atoms with Crippen LogP contribution in [0.3, 0.4) is 0 Å². The van der Waals surface area contributed by atoms with Gasteiger partial charge in [0.1, 0.15) is 0 Å². The lowest BCUT2D eigenvalue weighted by Gasteiger charge is -2.30. The zero-order valence-electron chi connectivity index (χ0n) is 15.9. The Kier molecular flexibility index (Phi) is 5.30. The number of hydrogen-bond acceptors (Lipinski definition) is 5. The number of nitrogens with zero attached hydrogens (tertiary/aromatic N) is 3. The molecule has 0 bridgehead atoms. The van der Waals surface area contributed by atoms with E-state index in [9.17, 15) is 9.59 Å². The van der Waals surface area contributed by atoms with Crippen LogP contribution in [-0.2, 0) is 11.2 Å². The molecule has 1 aliphatic heterocycles. The molecule has 1 aliphatic rings. The van der Waals surface area contributed by atoms with E-state index in [2.05, 4.69) is 30.9 Å². The highest BCUT2D eigenvalue weighted by atomic mass is 16.5. The van der Waals surface area contributed by atoms with Crippen LogP contribution in [0.4, 0.5) is 0 Å². The van der Waals surface area contributed by atoms with Gasteiger partial charge in [0.05, 0.1) is 5.92 Å². The molecule has 0 spiro atoms. The maximum Gasteiger partial charge on any atom is 0.306 e. The topological polar surface area (TPSA) is 96.5 Å². The number of amides is 1. The Morgan fingerprint density at radius 1 is 1.26 bits per heavy atom. The lowest BCUT2D eigenvalue weighted by Crippen LogP contribution is -2.40. The highest BCUT2D eigenvalue weighted by molar-refractivity contribution is 5.95. The van der Waals surface area contributed by atoms with Crippen LogP contribution >= 0.6 is 0 Å². The highest BCUT2D eigenvalue weighted by Crippen LogP contribution is 2.24. The molecule has 1 saturated heterocycles. The third kappa shape index (κ3) is 4.72. The predicted octanol–water partition coefficient (Wildman–Crippen LogP) is 3.26. The molecule has 144 valence electrons. The van der Waals surface area contributed by atoms with Crippen LogP contribution < -0.4 is 0 Å². The van der Waals surface area contributed by atoms with Crippen molar-refractivity contribution in [2.24, 2.45) is 11.3 Å². The molecule has 0 unspecified atom stereocenters. The summed E-state index contributed by atoms with van der Waals surface area (Å²) < 4.78 is 5.33. The second kappa shape index (κ2) is 7.50. The average molecular weight is 371 g/mol. The number of aliphatic carboxylic acids is 1. The molecule has 1 amide bonds. The van der Waals surface area contributed by atoms with Gasteiger partial charge in [-0.25, -0.2) is 0 Å². The van der Waals surface area contributed by atoms with Crippen LogP contribution in [0, 0.1) is 11.3 Å². The monoisotopic (exact) mass is 371 g/mol. The van der Waals surface area contributed by atoms with E-state index < -0.39 is 5.97 Å². The number of carboxylic acid groups (broad SMARTS) is 1. The van der Waals surface area contributed by atoms with Crippen LogP contribution in [0.2, 0.25) is 0 Å². The fourth-order valence-electron chi connectivity index (χ4n) is 3.20. The first-order valence-electron chi connectivity index (χ1n) is 9.18. The van der Waals surface area contributed by atoms with Crippen molar-refractivity contribution >= 4 is 11.9 Å². The number of hydrogen-bond donors (Lipinski definition) is 1. The maximum absolute atomic E-state index is 12.8. The zero-order chi connectivity index (χ0) is 19.6. The number of benzene rings is 1. The summed E-state index contributed by atoms with van der Waals surface area (Å²) in [5.74, 6) is -0.203. The van der Waals surface area contributed by atoms with Gasteiger partial charge in [-0.2, -0.15) is 4.98 Å². The molecule has 1 N–H and O–H groups in total. The molecule has 2 aromatic rings. The molecule has 1 aromatic carbocycles. The van der Waals surface area contributed by atoms with E-state index in [1.165, 1.54) is 0 Å². The molecule has 1 aromatic heterocycles. The van der Waals surface area contributed by atoms with Crippen LogP contribution in [0.25, 0.3) is 11.4 Å². The van der Waals surface area contributed by atoms with Gasteiger partial charge in [0, 0.05) is 30.6 Å².